The molecule has 0 atom stereocenters. The highest BCUT2D eigenvalue weighted by Gasteiger charge is 2.25. The van der Waals surface area contributed by atoms with Gasteiger partial charge in [-0.2, -0.15) is 11.3 Å². The molecule has 0 unspecified atom stereocenters. The summed E-state index contributed by atoms with van der Waals surface area (Å²) in [4.78, 5) is 17.1. The molecule has 2 aromatic rings. The topological polar surface area (TPSA) is 35.6 Å². The number of benzene rings is 1. The van der Waals surface area contributed by atoms with E-state index in [2.05, 4.69) is 39.2 Å². The number of carbonyl (C=O) groups is 1. The van der Waals surface area contributed by atoms with Crippen molar-refractivity contribution in [2.45, 2.75) is 31.6 Å². The number of amides is 2. The lowest BCUT2D eigenvalue weighted by molar-refractivity contribution is 0.194. The van der Waals surface area contributed by atoms with E-state index in [0.29, 0.717) is 5.92 Å². The van der Waals surface area contributed by atoms with Crippen LogP contribution in [0.5, 0.6) is 0 Å². The summed E-state index contributed by atoms with van der Waals surface area (Å²) in [5, 5.41) is 7.54. The lowest BCUT2D eigenvalue weighted by atomic mass is 9.91. The molecular weight excluding hydrogens is 330 g/mol. The third-order valence-corrected chi connectivity index (χ3v) is 6.09. The van der Waals surface area contributed by atoms with Crippen molar-refractivity contribution in [1.82, 2.24) is 4.90 Å². The lowest BCUT2D eigenvalue weighted by Crippen LogP contribution is -2.40. The average Bonchev–Trinajstić information content (AvgIpc) is 3.36. The molecule has 3 heterocycles. The van der Waals surface area contributed by atoms with Gasteiger partial charge in [-0.25, -0.2) is 4.79 Å². The normalized spacial score (nSPS) is 18.6. The van der Waals surface area contributed by atoms with E-state index >= 15 is 0 Å². The zero-order chi connectivity index (χ0) is 17.1. The Morgan fingerprint density at radius 2 is 1.80 bits per heavy atom. The molecule has 2 amide bonds. The molecular formula is C20H25N3OS. The molecule has 2 aliphatic heterocycles. The summed E-state index contributed by atoms with van der Waals surface area (Å²) < 4.78 is 0. The minimum absolute atomic E-state index is 0.0374. The van der Waals surface area contributed by atoms with E-state index in [9.17, 15) is 4.79 Å². The van der Waals surface area contributed by atoms with Crippen molar-refractivity contribution in [2.75, 3.05) is 36.4 Å². The molecule has 4 rings (SSSR count). The molecule has 2 aliphatic rings. The monoisotopic (exact) mass is 355 g/mol. The number of para-hydroxylation sites is 2. The number of nitrogens with one attached hydrogen (secondary N) is 1. The maximum Gasteiger partial charge on any atom is 0.321 e. The molecule has 1 aromatic carbocycles. The van der Waals surface area contributed by atoms with E-state index in [4.69, 9.17) is 0 Å². The second-order valence-corrected chi connectivity index (χ2v) is 7.74. The first kappa shape index (κ1) is 16.5. The van der Waals surface area contributed by atoms with Gasteiger partial charge in [-0.05, 0) is 66.1 Å². The Labute approximate surface area is 153 Å². The van der Waals surface area contributed by atoms with Crippen molar-refractivity contribution < 1.29 is 4.79 Å². The number of hydrogen-bond acceptors (Lipinski definition) is 3. The first-order chi connectivity index (χ1) is 12.3. The van der Waals surface area contributed by atoms with Gasteiger partial charge in [0, 0.05) is 26.2 Å². The van der Waals surface area contributed by atoms with Crippen LogP contribution < -0.4 is 10.2 Å². The summed E-state index contributed by atoms with van der Waals surface area (Å²) in [7, 11) is 0. The molecule has 0 radical (unpaired) electrons. The number of thiophene rings is 1. The van der Waals surface area contributed by atoms with Crippen LogP contribution in [-0.4, -0.2) is 37.1 Å². The van der Waals surface area contributed by atoms with Crippen molar-refractivity contribution in [1.29, 1.82) is 0 Å². The molecule has 1 N–H and O–H groups in total. The zero-order valence-corrected chi connectivity index (χ0v) is 15.3. The van der Waals surface area contributed by atoms with Crippen LogP contribution in [0.25, 0.3) is 0 Å². The fraction of sp³-hybridized carbons (Fsp3) is 0.450. The minimum Gasteiger partial charge on any atom is -0.370 e. The molecule has 132 valence electrons. The maximum atomic E-state index is 12.7. The second kappa shape index (κ2) is 7.48. The highest BCUT2D eigenvalue weighted by atomic mass is 32.1. The van der Waals surface area contributed by atoms with Crippen LogP contribution in [-0.2, 0) is 0 Å². The van der Waals surface area contributed by atoms with E-state index in [-0.39, 0.29) is 6.03 Å². The van der Waals surface area contributed by atoms with Crippen LogP contribution in [0.3, 0.4) is 0 Å². The molecule has 4 nitrogen and oxygen atoms in total. The Kier molecular flexibility index (Phi) is 4.92. The molecule has 25 heavy (non-hydrogen) atoms. The minimum atomic E-state index is 0.0374. The number of likely N-dealkylation sites (tertiary alicyclic amines) is 1. The maximum absolute atomic E-state index is 12.7. The smallest absolute Gasteiger partial charge is 0.321 e. The fourth-order valence-corrected chi connectivity index (χ4v) is 4.67. The van der Waals surface area contributed by atoms with E-state index < -0.39 is 0 Å². The largest absolute Gasteiger partial charge is 0.370 e. The SMILES string of the molecule is O=C(Nc1ccccc1N1CCCC1)N1CCC(c2ccsc2)CC1. The number of rotatable bonds is 3. The van der Waals surface area contributed by atoms with Crippen molar-refractivity contribution >= 4 is 28.7 Å². The standard InChI is InChI=1S/C20H25N3OS/c24-20(23-12-7-16(8-13-23)17-9-14-25-15-17)21-18-5-1-2-6-19(18)22-10-3-4-11-22/h1-2,5-6,9,14-16H,3-4,7-8,10-13H2,(H,21,24). The van der Waals surface area contributed by atoms with Crippen LogP contribution in [0.4, 0.5) is 16.2 Å². The van der Waals surface area contributed by atoms with E-state index in [1.54, 1.807) is 11.3 Å². The van der Waals surface area contributed by atoms with Gasteiger partial charge in [-0.3, -0.25) is 0 Å². The lowest BCUT2D eigenvalue weighted by Gasteiger charge is -2.32. The third-order valence-electron chi connectivity index (χ3n) is 5.39. The van der Waals surface area contributed by atoms with Gasteiger partial charge in [-0.15, -0.1) is 0 Å². The quantitative estimate of drug-likeness (QED) is 0.861. The van der Waals surface area contributed by atoms with Gasteiger partial charge in [0.2, 0.25) is 0 Å². The first-order valence-corrected chi connectivity index (χ1v) is 10.2. The van der Waals surface area contributed by atoms with Gasteiger partial charge in [0.1, 0.15) is 0 Å². The van der Waals surface area contributed by atoms with E-state index in [1.807, 2.05) is 17.0 Å². The van der Waals surface area contributed by atoms with Crippen molar-refractivity contribution in [3.05, 3.63) is 46.7 Å². The highest BCUT2D eigenvalue weighted by Crippen LogP contribution is 2.31. The molecule has 5 heteroatoms. The number of piperidine rings is 1. The van der Waals surface area contributed by atoms with Crippen LogP contribution in [0.15, 0.2) is 41.1 Å². The Morgan fingerprint density at radius 1 is 1.04 bits per heavy atom. The summed E-state index contributed by atoms with van der Waals surface area (Å²) in [6.45, 7) is 3.83. The molecule has 1 aromatic heterocycles. The Hall–Kier alpha value is -2.01. The summed E-state index contributed by atoms with van der Waals surface area (Å²) in [5.41, 5.74) is 3.53. The molecule has 0 bridgehead atoms. The molecule has 0 aliphatic carbocycles. The number of nitrogens with zero attached hydrogens (tertiary/aromatic N) is 2. The number of carbonyl (C=O) groups excluding carboxylic acids is 1. The summed E-state index contributed by atoms with van der Waals surface area (Å²) in [5.74, 6) is 0.604. The molecule has 2 fully saturated rings. The van der Waals surface area contributed by atoms with Gasteiger partial charge in [-0.1, -0.05) is 12.1 Å². The van der Waals surface area contributed by atoms with Crippen molar-refractivity contribution in [2.24, 2.45) is 0 Å². The molecule has 0 saturated carbocycles. The zero-order valence-electron chi connectivity index (χ0n) is 14.5. The predicted molar refractivity (Wildman–Crippen MR) is 105 cm³/mol. The van der Waals surface area contributed by atoms with Crippen LogP contribution in [0, 0.1) is 0 Å². The van der Waals surface area contributed by atoms with Gasteiger partial charge in [0.25, 0.3) is 0 Å². The van der Waals surface area contributed by atoms with Crippen molar-refractivity contribution in [3.8, 4) is 0 Å². The Morgan fingerprint density at radius 3 is 2.52 bits per heavy atom. The van der Waals surface area contributed by atoms with Gasteiger partial charge < -0.3 is 15.1 Å². The molecule has 0 spiro atoms. The molecule has 2 saturated heterocycles. The predicted octanol–water partition coefficient (Wildman–Crippen LogP) is 4.76. The fourth-order valence-electron chi connectivity index (χ4n) is 3.93. The van der Waals surface area contributed by atoms with Gasteiger partial charge >= 0.3 is 6.03 Å². The third kappa shape index (κ3) is 3.66. The Balaban J connectivity index is 1.38. The van der Waals surface area contributed by atoms with Crippen LogP contribution in [0.2, 0.25) is 0 Å². The highest BCUT2D eigenvalue weighted by molar-refractivity contribution is 7.07. The summed E-state index contributed by atoms with van der Waals surface area (Å²) in [6, 6.07) is 10.4. The number of urea groups is 1. The van der Waals surface area contributed by atoms with Gasteiger partial charge in [0.15, 0.2) is 0 Å². The number of hydrogen-bond donors (Lipinski definition) is 1. The average molecular weight is 356 g/mol. The number of anilines is 2. The summed E-state index contributed by atoms with van der Waals surface area (Å²) >= 11 is 1.76. The van der Waals surface area contributed by atoms with E-state index in [1.165, 1.54) is 18.4 Å². The second-order valence-electron chi connectivity index (χ2n) is 6.96. The van der Waals surface area contributed by atoms with Crippen LogP contribution in [0.1, 0.15) is 37.2 Å². The first-order valence-electron chi connectivity index (χ1n) is 9.23. The van der Waals surface area contributed by atoms with Crippen LogP contribution >= 0.6 is 11.3 Å². The van der Waals surface area contributed by atoms with Gasteiger partial charge in [0.05, 0.1) is 11.4 Å². The van der Waals surface area contributed by atoms with E-state index in [0.717, 1.165) is 50.4 Å². The summed E-state index contributed by atoms with van der Waals surface area (Å²) in [6.07, 6.45) is 4.58. The van der Waals surface area contributed by atoms with Crippen molar-refractivity contribution in [3.63, 3.8) is 0 Å². The Bertz CT molecular complexity index is 701.